The Balaban J connectivity index is 0.00000200. The fraction of sp³-hybridized carbons (Fsp3) is 0.538. The van der Waals surface area contributed by atoms with Gasteiger partial charge in [0, 0.05) is 12.1 Å². The molecule has 3 N–H and O–H groups in total. The van der Waals surface area contributed by atoms with Gasteiger partial charge in [-0.3, -0.25) is 9.59 Å². The number of amides is 2. The van der Waals surface area contributed by atoms with E-state index in [0.717, 1.165) is 19.4 Å². The predicted molar refractivity (Wildman–Crippen MR) is 82.5 cm³/mol. The van der Waals surface area contributed by atoms with E-state index in [4.69, 9.17) is 0 Å². The third-order valence-corrected chi connectivity index (χ3v) is 4.13. The summed E-state index contributed by atoms with van der Waals surface area (Å²) in [5, 5.41) is 10.7. The van der Waals surface area contributed by atoms with Crippen LogP contribution in [0.2, 0.25) is 0 Å². The third-order valence-electron chi connectivity index (χ3n) is 3.26. The van der Waals surface area contributed by atoms with E-state index in [9.17, 15) is 9.59 Å². The summed E-state index contributed by atoms with van der Waals surface area (Å²) in [4.78, 5) is 24.1. The molecule has 2 atom stereocenters. The molecule has 1 aromatic heterocycles. The molecule has 0 spiro atoms. The number of halogens is 1. The van der Waals surface area contributed by atoms with Crippen LogP contribution in [0, 0.1) is 0 Å². The molecule has 0 bridgehead atoms. The highest BCUT2D eigenvalue weighted by Gasteiger charge is 2.22. The van der Waals surface area contributed by atoms with E-state index in [2.05, 4.69) is 22.9 Å². The minimum absolute atomic E-state index is 0. The van der Waals surface area contributed by atoms with Crippen molar-refractivity contribution in [3.8, 4) is 0 Å². The van der Waals surface area contributed by atoms with Crippen LogP contribution in [0.3, 0.4) is 0 Å². The molecule has 20 heavy (non-hydrogen) atoms. The minimum Gasteiger partial charge on any atom is -0.350 e. The molecule has 1 fully saturated rings. The Morgan fingerprint density at radius 1 is 1.50 bits per heavy atom. The van der Waals surface area contributed by atoms with Crippen LogP contribution in [0.4, 0.5) is 0 Å². The van der Waals surface area contributed by atoms with Crippen molar-refractivity contribution in [2.45, 2.75) is 31.8 Å². The number of piperidine rings is 1. The van der Waals surface area contributed by atoms with Crippen molar-refractivity contribution < 1.29 is 9.59 Å². The van der Waals surface area contributed by atoms with Gasteiger partial charge in [0.15, 0.2) is 0 Å². The molecule has 1 saturated heterocycles. The van der Waals surface area contributed by atoms with Gasteiger partial charge in [0.2, 0.25) is 5.91 Å². The van der Waals surface area contributed by atoms with Gasteiger partial charge in [-0.05, 0) is 37.8 Å². The van der Waals surface area contributed by atoms with E-state index in [1.165, 1.54) is 11.3 Å². The maximum Gasteiger partial charge on any atom is 0.261 e. The Morgan fingerprint density at radius 2 is 2.30 bits per heavy atom. The molecule has 7 heteroatoms. The molecule has 0 saturated carbocycles. The lowest BCUT2D eigenvalue weighted by Crippen LogP contribution is -2.53. The molecule has 5 nitrogen and oxygen atoms in total. The quantitative estimate of drug-likeness (QED) is 0.780. The first-order chi connectivity index (χ1) is 9.16. The van der Waals surface area contributed by atoms with E-state index in [-0.39, 0.29) is 42.8 Å². The van der Waals surface area contributed by atoms with Crippen molar-refractivity contribution in [3.05, 3.63) is 22.4 Å². The predicted octanol–water partition coefficient (Wildman–Crippen LogP) is 1.16. The van der Waals surface area contributed by atoms with Gasteiger partial charge in [0.25, 0.3) is 5.91 Å². The third kappa shape index (κ3) is 4.77. The molecule has 2 unspecified atom stereocenters. The first kappa shape index (κ1) is 16.9. The zero-order chi connectivity index (χ0) is 13.7. The maximum absolute atomic E-state index is 11.8. The average Bonchev–Trinajstić information content (AvgIpc) is 2.93. The van der Waals surface area contributed by atoms with Crippen molar-refractivity contribution in [2.24, 2.45) is 0 Å². The Labute approximate surface area is 128 Å². The van der Waals surface area contributed by atoms with Gasteiger partial charge in [0.05, 0.1) is 11.4 Å². The summed E-state index contributed by atoms with van der Waals surface area (Å²) in [6, 6.07) is 3.99. The number of carbonyl (C=O) groups excluding carboxylic acids is 2. The van der Waals surface area contributed by atoms with E-state index >= 15 is 0 Å². The molecule has 1 aromatic rings. The second kappa shape index (κ2) is 8.24. The minimum atomic E-state index is -0.194. The van der Waals surface area contributed by atoms with Gasteiger partial charge in [-0.25, -0.2) is 0 Å². The summed E-state index contributed by atoms with van der Waals surface area (Å²) >= 11 is 1.37. The monoisotopic (exact) mass is 317 g/mol. The molecule has 1 aliphatic heterocycles. The van der Waals surface area contributed by atoms with Crippen LogP contribution in [-0.2, 0) is 4.79 Å². The van der Waals surface area contributed by atoms with Gasteiger partial charge < -0.3 is 16.0 Å². The highest BCUT2D eigenvalue weighted by Crippen LogP contribution is 2.08. The number of hydrogen-bond donors (Lipinski definition) is 3. The Bertz CT molecular complexity index is 439. The van der Waals surface area contributed by atoms with Crippen molar-refractivity contribution >= 4 is 35.6 Å². The largest absolute Gasteiger partial charge is 0.350 e. The van der Waals surface area contributed by atoms with Crippen LogP contribution in [0.1, 0.15) is 29.4 Å². The number of carbonyl (C=O) groups is 2. The molecule has 1 aliphatic rings. The Morgan fingerprint density at radius 3 is 2.95 bits per heavy atom. The highest BCUT2D eigenvalue weighted by molar-refractivity contribution is 7.12. The molecule has 0 aliphatic carbocycles. The zero-order valence-corrected chi connectivity index (χ0v) is 13.0. The fourth-order valence-corrected chi connectivity index (χ4v) is 2.79. The van der Waals surface area contributed by atoms with E-state index < -0.39 is 0 Å². The molecule has 0 radical (unpaired) electrons. The molecule has 2 rings (SSSR count). The summed E-state index contributed by atoms with van der Waals surface area (Å²) in [5.74, 6) is -0.328. The molecule has 0 aromatic carbocycles. The average molecular weight is 318 g/mol. The first-order valence-corrected chi connectivity index (χ1v) is 7.39. The van der Waals surface area contributed by atoms with Gasteiger partial charge in [-0.1, -0.05) is 6.07 Å². The number of rotatable bonds is 4. The normalized spacial score (nSPS) is 21.6. The van der Waals surface area contributed by atoms with Crippen molar-refractivity contribution in [1.82, 2.24) is 16.0 Å². The zero-order valence-electron chi connectivity index (χ0n) is 11.3. The lowest BCUT2D eigenvalue weighted by atomic mass is 10.00. The van der Waals surface area contributed by atoms with Crippen LogP contribution in [-0.4, -0.2) is 37.0 Å². The van der Waals surface area contributed by atoms with E-state index in [1.807, 2.05) is 11.4 Å². The Kier molecular flexibility index (Phi) is 6.98. The number of hydrogen-bond acceptors (Lipinski definition) is 4. The van der Waals surface area contributed by atoms with Crippen molar-refractivity contribution in [1.29, 1.82) is 0 Å². The summed E-state index contributed by atoms with van der Waals surface area (Å²) in [6.45, 7) is 3.09. The molecular formula is C13H20ClN3O2S. The molecule has 2 heterocycles. The lowest BCUT2D eigenvalue weighted by molar-refractivity contribution is -0.121. The lowest BCUT2D eigenvalue weighted by Gasteiger charge is -2.30. The smallest absolute Gasteiger partial charge is 0.261 e. The van der Waals surface area contributed by atoms with E-state index in [1.54, 1.807) is 6.07 Å². The van der Waals surface area contributed by atoms with Gasteiger partial charge >= 0.3 is 0 Å². The van der Waals surface area contributed by atoms with Crippen molar-refractivity contribution in [3.63, 3.8) is 0 Å². The van der Waals surface area contributed by atoms with Crippen LogP contribution >= 0.6 is 23.7 Å². The second-order valence-electron chi connectivity index (χ2n) is 4.72. The molecular weight excluding hydrogens is 298 g/mol. The standard InChI is InChI=1S/C13H19N3O2S.ClH/c1-9-10(4-2-6-14-9)16-12(17)8-15-13(18)11-5-3-7-19-11;/h3,5,7,9-10,14H,2,4,6,8H2,1H3,(H,15,18)(H,16,17);1H. The van der Waals surface area contributed by atoms with Gasteiger partial charge in [0.1, 0.15) is 0 Å². The second-order valence-corrected chi connectivity index (χ2v) is 5.67. The van der Waals surface area contributed by atoms with Crippen LogP contribution in [0.15, 0.2) is 17.5 Å². The maximum atomic E-state index is 11.8. The Hall–Kier alpha value is -1.11. The van der Waals surface area contributed by atoms with Gasteiger partial charge in [-0.15, -0.1) is 23.7 Å². The van der Waals surface area contributed by atoms with E-state index in [0.29, 0.717) is 4.88 Å². The van der Waals surface area contributed by atoms with Gasteiger partial charge in [-0.2, -0.15) is 0 Å². The number of nitrogens with one attached hydrogen (secondary N) is 3. The summed E-state index contributed by atoms with van der Waals surface area (Å²) in [5.41, 5.74) is 0. The van der Waals surface area contributed by atoms with Crippen LogP contribution in [0.25, 0.3) is 0 Å². The summed E-state index contributed by atoms with van der Waals surface area (Å²) < 4.78 is 0. The van der Waals surface area contributed by atoms with Crippen LogP contribution < -0.4 is 16.0 Å². The molecule has 2 amide bonds. The van der Waals surface area contributed by atoms with Crippen molar-refractivity contribution in [2.75, 3.05) is 13.1 Å². The number of thiophene rings is 1. The molecule has 112 valence electrons. The fourth-order valence-electron chi connectivity index (χ4n) is 2.15. The highest BCUT2D eigenvalue weighted by atomic mass is 35.5. The topological polar surface area (TPSA) is 70.2 Å². The first-order valence-electron chi connectivity index (χ1n) is 6.51. The van der Waals surface area contributed by atoms with Crippen LogP contribution in [0.5, 0.6) is 0 Å². The summed E-state index contributed by atoms with van der Waals surface area (Å²) in [6.07, 6.45) is 2.05. The SMILES string of the molecule is CC1NCCCC1NC(=O)CNC(=O)c1cccs1.Cl. The summed E-state index contributed by atoms with van der Waals surface area (Å²) in [7, 11) is 0.